The normalized spacial score (nSPS) is 12.4. The number of furan rings is 1. The molecule has 3 heterocycles. The number of hydrogen-bond acceptors (Lipinski definition) is 5. The van der Waals surface area contributed by atoms with Gasteiger partial charge >= 0.3 is 0 Å². The first-order chi connectivity index (χ1) is 31.1. The van der Waals surface area contributed by atoms with Crippen molar-refractivity contribution in [3.63, 3.8) is 0 Å². The molecule has 0 atom stereocenters. The van der Waals surface area contributed by atoms with Gasteiger partial charge in [-0.05, 0) is 107 Å². The van der Waals surface area contributed by atoms with E-state index in [4.69, 9.17) is 13.9 Å². The molecule has 63 heavy (non-hydrogen) atoms. The summed E-state index contributed by atoms with van der Waals surface area (Å²) in [6.07, 6.45) is 0. The summed E-state index contributed by atoms with van der Waals surface area (Å²) >= 11 is 0. The zero-order chi connectivity index (χ0) is 42.0. The summed E-state index contributed by atoms with van der Waals surface area (Å²) in [4.78, 5) is 4.47. The van der Waals surface area contributed by atoms with Crippen LogP contribution in [0.2, 0.25) is 0 Å². The molecule has 0 aliphatic carbocycles. The Labute approximate surface area is 365 Å². The van der Waals surface area contributed by atoms with Crippen molar-refractivity contribution < 1.29 is 13.9 Å². The molecule has 10 aromatic rings. The lowest BCUT2D eigenvalue weighted by molar-refractivity contribution is 0.471. The van der Waals surface area contributed by atoms with Crippen LogP contribution in [0, 0.1) is 0 Å². The van der Waals surface area contributed by atoms with Gasteiger partial charge in [0.2, 0.25) is 0 Å². The third-order valence-electron chi connectivity index (χ3n) is 12.1. The summed E-state index contributed by atoms with van der Waals surface area (Å²) in [6.45, 7) is 9.15. The minimum atomic E-state index is 0.548. The van der Waals surface area contributed by atoms with E-state index in [9.17, 15) is 0 Å². The van der Waals surface area contributed by atoms with Crippen LogP contribution in [0.25, 0.3) is 55.5 Å². The van der Waals surface area contributed by atoms with Crippen LogP contribution in [0.15, 0.2) is 224 Å². The lowest BCUT2D eigenvalue weighted by Crippen LogP contribution is -2.14. The molecule has 0 radical (unpaired) electrons. The molecule has 1 aromatic heterocycles. The lowest BCUT2D eigenvalue weighted by Gasteiger charge is -2.32. The molecule has 0 saturated carbocycles. The van der Waals surface area contributed by atoms with Gasteiger partial charge in [-0.3, -0.25) is 0 Å². The van der Waals surface area contributed by atoms with Crippen LogP contribution in [-0.2, 0) is 0 Å². The SMILES string of the molecule is C=C1c2ccc(N(c3ccc(-c4ccccc4)cc3)c3cccc4c3oc3ccccc34)cc2Oc2ccc3c(c21)C(=C)Oc1cc(N(c2ccccc2)c2ccccc2)ccc1-3. The molecule has 0 saturated heterocycles. The predicted octanol–water partition coefficient (Wildman–Crippen LogP) is 16.4. The predicted molar refractivity (Wildman–Crippen MR) is 258 cm³/mol. The van der Waals surface area contributed by atoms with Gasteiger partial charge in [-0.1, -0.05) is 122 Å². The van der Waals surface area contributed by atoms with E-state index in [1.165, 1.54) is 0 Å². The number of para-hydroxylation sites is 4. The molecule has 5 heteroatoms. The van der Waals surface area contributed by atoms with Crippen molar-refractivity contribution in [1.29, 1.82) is 0 Å². The second-order valence-corrected chi connectivity index (χ2v) is 15.8. The highest BCUT2D eigenvalue weighted by Crippen LogP contribution is 2.54. The number of anilines is 6. The summed E-state index contributed by atoms with van der Waals surface area (Å²) < 4.78 is 20.1. The summed E-state index contributed by atoms with van der Waals surface area (Å²) in [6, 6.07) is 71.2. The Morgan fingerprint density at radius 3 is 1.65 bits per heavy atom. The van der Waals surface area contributed by atoms with E-state index in [-0.39, 0.29) is 0 Å². The third-order valence-corrected chi connectivity index (χ3v) is 12.1. The molecule has 9 aromatic carbocycles. The van der Waals surface area contributed by atoms with Gasteiger partial charge in [0.15, 0.2) is 5.58 Å². The molecule has 5 nitrogen and oxygen atoms in total. The molecule has 2 aliphatic heterocycles. The first-order valence-electron chi connectivity index (χ1n) is 21.0. The van der Waals surface area contributed by atoms with Crippen molar-refractivity contribution in [2.75, 3.05) is 9.80 Å². The fourth-order valence-corrected chi connectivity index (χ4v) is 9.23. The lowest BCUT2D eigenvalue weighted by atomic mass is 9.85. The van der Waals surface area contributed by atoms with Gasteiger partial charge < -0.3 is 23.7 Å². The van der Waals surface area contributed by atoms with Crippen molar-refractivity contribution in [2.45, 2.75) is 0 Å². The number of hydrogen-bond donors (Lipinski definition) is 0. The van der Waals surface area contributed by atoms with Crippen LogP contribution in [0.5, 0.6) is 17.2 Å². The molecule has 0 spiro atoms. The van der Waals surface area contributed by atoms with Crippen LogP contribution in [0.4, 0.5) is 34.1 Å². The Balaban J connectivity index is 0.936. The Hall–Kier alpha value is -8.54. The van der Waals surface area contributed by atoms with Crippen LogP contribution in [0.3, 0.4) is 0 Å². The number of ether oxygens (including phenoxy) is 2. The second-order valence-electron chi connectivity index (χ2n) is 15.8. The van der Waals surface area contributed by atoms with Gasteiger partial charge in [-0.2, -0.15) is 0 Å². The summed E-state index contributed by atoms with van der Waals surface area (Å²) in [5.41, 5.74) is 15.4. The molecule has 0 N–H and O–H groups in total. The summed E-state index contributed by atoms with van der Waals surface area (Å²) in [5.74, 6) is 2.70. The Morgan fingerprint density at radius 2 is 0.921 bits per heavy atom. The minimum absolute atomic E-state index is 0.548. The number of benzene rings is 9. The van der Waals surface area contributed by atoms with E-state index in [1.807, 2.05) is 36.4 Å². The molecule has 0 amide bonds. The average Bonchev–Trinajstić information content (AvgIpc) is 3.72. The van der Waals surface area contributed by atoms with Gasteiger partial charge in [0.05, 0.1) is 11.4 Å². The molecule has 2 aliphatic rings. The monoisotopic (exact) mass is 810 g/mol. The molecular weight excluding hydrogens is 773 g/mol. The van der Waals surface area contributed by atoms with E-state index in [0.717, 1.165) is 106 Å². The molecular formula is C58H38N2O3. The van der Waals surface area contributed by atoms with Gasteiger partial charge in [0, 0.05) is 67.9 Å². The molecule has 0 unspecified atom stereocenters. The van der Waals surface area contributed by atoms with E-state index < -0.39 is 0 Å². The number of rotatable bonds is 7. The van der Waals surface area contributed by atoms with E-state index in [0.29, 0.717) is 17.3 Å². The zero-order valence-electron chi connectivity index (χ0n) is 34.2. The highest BCUT2D eigenvalue weighted by Gasteiger charge is 2.32. The van der Waals surface area contributed by atoms with Crippen molar-refractivity contribution in [2.24, 2.45) is 0 Å². The quantitative estimate of drug-likeness (QED) is 0.160. The number of fused-ring (bicyclic) bond motifs is 9. The molecule has 0 bridgehead atoms. The standard InChI is InChI=1S/C58H38N2O3/c1-37-46-31-29-45(60(43-27-25-40(26-28-43)39-15-6-3-7-16-39)51-23-14-22-50-47-21-12-13-24-52(47)63-58(50)51)36-54(46)62-53-34-33-49-48-32-30-44(35-55(48)61-38(2)57(49)56(37)53)59(41-17-8-4-9-18-41)42-19-10-5-11-20-42/h3-36H,1-2H2. The smallest absolute Gasteiger partial charge is 0.159 e. The molecule has 298 valence electrons. The maximum atomic E-state index is 6.86. The van der Waals surface area contributed by atoms with Crippen molar-refractivity contribution >= 4 is 67.4 Å². The van der Waals surface area contributed by atoms with Crippen molar-refractivity contribution in [1.82, 2.24) is 0 Å². The summed E-state index contributed by atoms with van der Waals surface area (Å²) in [5, 5.41) is 2.13. The van der Waals surface area contributed by atoms with Crippen LogP contribution in [0.1, 0.15) is 16.7 Å². The second kappa shape index (κ2) is 14.6. The Morgan fingerprint density at radius 1 is 0.365 bits per heavy atom. The van der Waals surface area contributed by atoms with E-state index >= 15 is 0 Å². The number of nitrogens with zero attached hydrogens (tertiary/aromatic N) is 2. The molecule has 0 fully saturated rings. The fourth-order valence-electron chi connectivity index (χ4n) is 9.23. The van der Waals surface area contributed by atoms with Crippen LogP contribution in [-0.4, -0.2) is 0 Å². The van der Waals surface area contributed by atoms with Crippen LogP contribution < -0.4 is 19.3 Å². The largest absolute Gasteiger partial charge is 0.457 e. The van der Waals surface area contributed by atoms with Crippen molar-refractivity contribution in [3.8, 4) is 39.5 Å². The Bertz CT molecular complexity index is 3390. The maximum absolute atomic E-state index is 6.86. The maximum Gasteiger partial charge on any atom is 0.159 e. The third kappa shape index (κ3) is 6.01. The minimum Gasteiger partial charge on any atom is -0.457 e. The zero-order valence-corrected chi connectivity index (χ0v) is 34.2. The fraction of sp³-hybridized carbons (Fsp3) is 0. The van der Waals surface area contributed by atoms with E-state index in [1.54, 1.807) is 0 Å². The van der Waals surface area contributed by atoms with Gasteiger partial charge in [-0.25, -0.2) is 0 Å². The first-order valence-corrected chi connectivity index (χ1v) is 21.0. The summed E-state index contributed by atoms with van der Waals surface area (Å²) in [7, 11) is 0. The first kappa shape index (κ1) is 36.3. The van der Waals surface area contributed by atoms with E-state index in [2.05, 4.69) is 193 Å². The van der Waals surface area contributed by atoms with Gasteiger partial charge in [0.1, 0.15) is 28.6 Å². The van der Waals surface area contributed by atoms with Gasteiger partial charge in [-0.15, -0.1) is 0 Å². The van der Waals surface area contributed by atoms with Crippen molar-refractivity contribution in [3.05, 3.63) is 236 Å². The van der Waals surface area contributed by atoms with Crippen LogP contribution >= 0.6 is 0 Å². The highest BCUT2D eigenvalue weighted by atomic mass is 16.5. The average molecular weight is 811 g/mol. The molecule has 12 rings (SSSR count). The Kier molecular flexibility index (Phi) is 8.41. The topological polar surface area (TPSA) is 38.1 Å². The highest BCUT2D eigenvalue weighted by molar-refractivity contribution is 6.10. The van der Waals surface area contributed by atoms with Gasteiger partial charge in [0.25, 0.3) is 0 Å².